The molecule has 13 heavy (non-hydrogen) atoms. The molecule has 2 nitrogen and oxygen atoms in total. The third-order valence-electron chi connectivity index (χ3n) is 3.28. The van der Waals surface area contributed by atoms with Gasteiger partial charge in [-0.2, -0.15) is 0 Å². The molecule has 0 bridgehead atoms. The summed E-state index contributed by atoms with van der Waals surface area (Å²) in [5.41, 5.74) is 0.344. The van der Waals surface area contributed by atoms with E-state index < -0.39 is 0 Å². The molecule has 2 heteroatoms. The maximum atomic E-state index is 9.63. The van der Waals surface area contributed by atoms with Crippen molar-refractivity contribution < 1.29 is 9.84 Å². The summed E-state index contributed by atoms with van der Waals surface area (Å²) in [6.45, 7) is 6.80. The molecule has 78 valence electrons. The molecule has 0 aromatic carbocycles. The zero-order valence-corrected chi connectivity index (χ0v) is 9.21. The molecule has 0 aromatic rings. The number of rotatable bonds is 1. The summed E-state index contributed by atoms with van der Waals surface area (Å²) >= 11 is 0. The Bertz CT molecular complexity index is 160. The SMILES string of the molecule is CO[C@@H]1C[C@@H](C(C)(C)C)CC[C@H]1O. The molecule has 0 spiro atoms. The Balaban J connectivity index is 2.55. The van der Waals surface area contributed by atoms with Crippen molar-refractivity contribution in [2.75, 3.05) is 7.11 Å². The second-order valence-corrected chi connectivity index (χ2v) is 5.22. The van der Waals surface area contributed by atoms with Crippen molar-refractivity contribution in [1.29, 1.82) is 0 Å². The first-order valence-corrected chi connectivity index (χ1v) is 5.16. The van der Waals surface area contributed by atoms with Gasteiger partial charge in [-0.15, -0.1) is 0 Å². The lowest BCUT2D eigenvalue weighted by atomic mass is 9.71. The van der Waals surface area contributed by atoms with Crippen LogP contribution in [-0.4, -0.2) is 24.4 Å². The lowest BCUT2D eigenvalue weighted by Crippen LogP contribution is -2.39. The van der Waals surface area contributed by atoms with Gasteiger partial charge in [0.25, 0.3) is 0 Å². The molecule has 0 unspecified atom stereocenters. The van der Waals surface area contributed by atoms with Gasteiger partial charge in [0.1, 0.15) is 0 Å². The summed E-state index contributed by atoms with van der Waals surface area (Å²) in [5, 5.41) is 9.63. The molecule has 1 N–H and O–H groups in total. The Morgan fingerprint density at radius 3 is 2.31 bits per heavy atom. The molecule has 3 atom stereocenters. The molecule has 1 fully saturated rings. The summed E-state index contributed by atoms with van der Waals surface area (Å²) < 4.78 is 5.28. The van der Waals surface area contributed by atoms with E-state index in [1.807, 2.05) is 0 Å². The molecule has 0 saturated heterocycles. The highest BCUT2D eigenvalue weighted by Gasteiger charge is 2.34. The normalized spacial score (nSPS) is 36.2. The minimum absolute atomic E-state index is 0.0537. The van der Waals surface area contributed by atoms with Crippen LogP contribution in [0, 0.1) is 11.3 Å². The molecule has 0 heterocycles. The molecule has 1 rings (SSSR count). The van der Waals surface area contributed by atoms with E-state index in [0.29, 0.717) is 11.3 Å². The zero-order valence-electron chi connectivity index (χ0n) is 9.21. The van der Waals surface area contributed by atoms with Gasteiger partial charge >= 0.3 is 0 Å². The first-order chi connectivity index (χ1) is 5.95. The van der Waals surface area contributed by atoms with Crippen LogP contribution in [-0.2, 0) is 4.74 Å². The highest BCUT2D eigenvalue weighted by Crippen LogP contribution is 2.38. The number of hydrogen-bond donors (Lipinski definition) is 1. The van der Waals surface area contributed by atoms with Crippen LogP contribution in [0.25, 0.3) is 0 Å². The van der Waals surface area contributed by atoms with Crippen molar-refractivity contribution in [3.8, 4) is 0 Å². The van der Waals surface area contributed by atoms with Gasteiger partial charge < -0.3 is 9.84 Å². The fourth-order valence-corrected chi connectivity index (χ4v) is 2.15. The number of methoxy groups -OCH3 is 1. The second kappa shape index (κ2) is 3.97. The van der Waals surface area contributed by atoms with Gasteiger partial charge in [0, 0.05) is 7.11 Å². The van der Waals surface area contributed by atoms with Gasteiger partial charge in [-0.05, 0) is 30.6 Å². The van der Waals surface area contributed by atoms with E-state index in [9.17, 15) is 5.11 Å². The molecule has 0 aliphatic heterocycles. The van der Waals surface area contributed by atoms with Gasteiger partial charge in [-0.3, -0.25) is 0 Å². The van der Waals surface area contributed by atoms with E-state index in [1.165, 1.54) is 0 Å². The Labute approximate surface area is 81.3 Å². The van der Waals surface area contributed by atoms with E-state index >= 15 is 0 Å². The first kappa shape index (κ1) is 11.0. The van der Waals surface area contributed by atoms with Gasteiger partial charge in [-0.1, -0.05) is 20.8 Å². The minimum Gasteiger partial charge on any atom is -0.390 e. The average molecular weight is 186 g/mol. The van der Waals surface area contributed by atoms with Gasteiger partial charge in [-0.25, -0.2) is 0 Å². The summed E-state index contributed by atoms with van der Waals surface area (Å²) in [5.74, 6) is 0.681. The predicted molar refractivity (Wildman–Crippen MR) is 53.6 cm³/mol. The Morgan fingerprint density at radius 1 is 1.23 bits per heavy atom. The molecule has 0 radical (unpaired) electrons. The van der Waals surface area contributed by atoms with Crippen molar-refractivity contribution in [3.05, 3.63) is 0 Å². The molecular formula is C11H22O2. The predicted octanol–water partition coefficient (Wildman–Crippen LogP) is 2.21. The van der Waals surface area contributed by atoms with Crippen molar-refractivity contribution in [2.45, 2.75) is 52.2 Å². The Morgan fingerprint density at radius 2 is 1.85 bits per heavy atom. The molecule has 1 saturated carbocycles. The molecule has 0 amide bonds. The lowest BCUT2D eigenvalue weighted by molar-refractivity contribution is -0.0651. The summed E-state index contributed by atoms with van der Waals surface area (Å²) in [7, 11) is 1.69. The van der Waals surface area contributed by atoms with Crippen LogP contribution < -0.4 is 0 Å². The van der Waals surface area contributed by atoms with E-state index in [-0.39, 0.29) is 12.2 Å². The zero-order chi connectivity index (χ0) is 10.1. The quantitative estimate of drug-likeness (QED) is 0.680. The fraction of sp³-hybridized carbons (Fsp3) is 1.00. The van der Waals surface area contributed by atoms with E-state index in [1.54, 1.807) is 7.11 Å². The summed E-state index contributed by atoms with van der Waals surface area (Å²) in [6, 6.07) is 0. The van der Waals surface area contributed by atoms with Gasteiger partial charge in [0.05, 0.1) is 12.2 Å². The third kappa shape index (κ3) is 2.68. The minimum atomic E-state index is -0.247. The van der Waals surface area contributed by atoms with Gasteiger partial charge in [0.15, 0.2) is 0 Å². The smallest absolute Gasteiger partial charge is 0.0833 e. The van der Waals surface area contributed by atoms with E-state index in [2.05, 4.69) is 20.8 Å². The van der Waals surface area contributed by atoms with Crippen molar-refractivity contribution >= 4 is 0 Å². The molecular weight excluding hydrogens is 164 g/mol. The van der Waals surface area contributed by atoms with Crippen LogP contribution in [0.1, 0.15) is 40.0 Å². The number of ether oxygens (including phenoxy) is 1. The third-order valence-corrected chi connectivity index (χ3v) is 3.28. The van der Waals surface area contributed by atoms with Crippen LogP contribution in [0.4, 0.5) is 0 Å². The molecule has 1 aliphatic rings. The maximum Gasteiger partial charge on any atom is 0.0833 e. The van der Waals surface area contributed by atoms with E-state index in [0.717, 1.165) is 19.3 Å². The van der Waals surface area contributed by atoms with Crippen LogP contribution in [0.5, 0.6) is 0 Å². The Hall–Kier alpha value is -0.0800. The van der Waals surface area contributed by atoms with Crippen LogP contribution in [0.3, 0.4) is 0 Å². The molecule has 1 aliphatic carbocycles. The Kier molecular flexibility index (Phi) is 3.36. The lowest BCUT2D eigenvalue weighted by Gasteiger charge is -2.39. The number of aliphatic hydroxyl groups excluding tert-OH is 1. The second-order valence-electron chi connectivity index (χ2n) is 5.22. The van der Waals surface area contributed by atoms with Crippen molar-refractivity contribution in [1.82, 2.24) is 0 Å². The monoisotopic (exact) mass is 186 g/mol. The molecule has 0 aromatic heterocycles. The number of aliphatic hydroxyl groups is 1. The van der Waals surface area contributed by atoms with Crippen LogP contribution >= 0.6 is 0 Å². The van der Waals surface area contributed by atoms with Crippen LogP contribution in [0.2, 0.25) is 0 Å². The highest BCUT2D eigenvalue weighted by molar-refractivity contribution is 4.85. The largest absolute Gasteiger partial charge is 0.390 e. The fourth-order valence-electron chi connectivity index (χ4n) is 2.15. The van der Waals surface area contributed by atoms with E-state index in [4.69, 9.17) is 4.74 Å². The summed E-state index contributed by atoms with van der Waals surface area (Å²) in [4.78, 5) is 0. The van der Waals surface area contributed by atoms with Crippen molar-refractivity contribution in [3.63, 3.8) is 0 Å². The maximum absolute atomic E-state index is 9.63. The average Bonchev–Trinajstić information content (AvgIpc) is 2.03. The highest BCUT2D eigenvalue weighted by atomic mass is 16.5. The number of hydrogen-bond acceptors (Lipinski definition) is 2. The van der Waals surface area contributed by atoms with Crippen molar-refractivity contribution in [2.24, 2.45) is 11.3 Å². The standard InChI is InChI=1S/C11H22O2/c1-11(2,3)8-5-6-9(12)10(7-8)13-4/h8-10,12H,5-7H2,1-4H3/t8-,9+,10+/m0/s1. The van der Waals surface area contributed by atoms with Gasteiger partial charge in [0.2, 0.25) is 0 Å². The topological polar surface area (TPSA) is 29.5 Å². The first-order valence-electron chi connectivity index (χ1n) is 5.16. The summed E-state index contributed by atoms with van der Waals surface area (Å²) in [6.07, 6.45) is 2.83. The van der Waals surface area contributed by atoms with Crippen LogP contribution in [0.15, 0.2) is 0 Å².